The molecule has 1 unspecified atom stereocenters. The number of ketones is 1. The Kier molecular flexibility index (Phi) is 2.44. The van der Waals surface area contributed by atoms with Crippen LogP contribution in [0.2, 0.25) is 0 Å². The number of hydrogen-bond acceptors (Lipinski definition) is 4. The summed E-state index contributed by atoms with van der Waals surface area (Å²) in [6.07, 6.45) is 1.39. The van der Waals surface area contributed by atoms with E-state index in [4.69, 9.17) is 5.73 Å². The normalized spacial score (nSPS) is 18.8. The fraction of sp³-hybridized carbons (Fsp3) is 0.182. The molecule has 0 amide bonds. The van der Waals surface area contributed by atoms with E-state index in [9.17, 15) is 13.2 Å². The zero-order valence-electron chi connectivity index (χ0n) is 8.67. The smallest absolute Gasteiger partial charge is 0.210 e. The molecule has 84 valence electrons. The van der Waals surface area contributed by atoms with Crippen LogP contribution in [-0.4, -0.2) is 20.2 Å². The minimum atomic E-state index is -3.66. The van der Waals surface area contributed by atoms with Gasteiger partial charge in [-0.05, 0) is 24.6 Å². The van der Waals surface area contributed by atoms with Crippen molar-refractivity contribution in [2.45, 2.75) is 17.9 Å². The number of rotatable bonds is 2. The van der Waals surface area contributed by atoms with Gasteiger partial charge in [-0.2, -0.15) is 0 Å². The highest BCUT2D eigenvalue weighted by atomic mass is 32.2. The molecular formula is C11H11NO3S. The highest BCUT2D eigenvalue weighted by molar-refractivity contribution is 7.96. The number of Topliss-reactive ketones (excluding diaryl/α,β-unsaturated/α-hetero) is 1. The molecule has 0 saturated carbocycles. The van der Waals surface area contributed by atoms with Crippen molar-refractivity contribution < 1.29 is 13.2 Å². The van der Waals surface area contributed by atoms with E-state index >= 15 is 0 Å². The molecule has 16 heavy (non-hydrogen) atoms. The number of nitrogens with two attached hydrogens (primary N) is 1. The highest BCUT2D eigenvalue weighted by Gasteiger charge is 2.34. The molecule has 5 heteroatoms. The first kappa shape index (κ1) is 11.0. The van der Waals surface area contributed by atoms with Gasteiger partial charge in [0.2, 0.25) is 9.84 Å². The van der Waals surface area contributed by atoms with Crippen LogP contribution in [0.1, 0.15) is 12.5 Å². The second-order valence-electron chi connectivity index (χ2n) is 3.70. The fourth-order valence-electron chi connectivity index (χ4n) is 1.61. The molecule has 1 atom stereocenters. The number of fused-ring (bicyclic) bond motifs is 1. The largest absolute Gasteiger partial charge is 0.321 e. The fourth-order valence-corrected chi connectivity index (χ4v) is 3.27. The van der Waals surface area contributed by atoms with Gasteiger partial charge in [-0.25, -0.2) is 8.42 Å². The van der Waals surface area contributed by atoms with Gasteiger partial charge in [0.05, 0.1) is 10.9 Å². The molecule has 0 saturated heterocycles. The molecule has 1 aliphatic heterocycles. The molecule has 0 spiro atoms. The summed E-state index contributed by atoms with van der Waals surface area (Å²) in [5, 5.41) is 0. The van der Waals surface area contributed by atoms with Crippen LogP contribution < -0.4 is 5.73 Å². The number of sulfone groups is 1. The summed E-state index contributed by atoms with van der Waals surface area (Å²) < 4.78 is 24.0. The Morgan fingerprint density at radius 2 is 1.94 bits per heavy atom. The van der Waals surface area contributed by atoms with Crippen LogP contribution in [0.4, 0.5) is 0 Å². The number of carbonyl (C=O) groups is 1. The third-order valence-corrected chi connectivity index (χ3v) is 4.29. The van der Waals surface area contributed by atoms with E-state index in [-0.39, 0.29) is 9.80 Å². The van der Waals surface area contributed by atoms with Crippen LogP contribution in [0.25, 0.3) is 6.08 Å². The Labute approximate surface area is 93.7 Å². The van der Waals surface area contributed by atoms with Gasteiger partial charge in [-0.3, -0.25) is 4.79 Å². The molecule has 1 heterocycles. The van der Waals surface area contributed by atoms with E-state index in [1.54, 1.807) is 18.2 Å². The Hall–Kier alpha value is -1.46. The summed E-state index contributed by atoms with van der Waals surface area (Å²) in [6.45, 7) is 1.47. The number of carbonyl (C=O) groups excluding carboxylic acids is 1. The van der Waals surface area contributed by atoms with E-state index in [0.717, 1.165) is 0 Å². The first-order valence-electron chi connectivity index (χ1n) is 4.80. The molecular weight excluding hydrogens is 226 g/mol. The summed E-state index contributed by atoms with van der Waals surface area (Å²) >= 11 is 0. The lowest BCUT2D eigenvalue weighted by atomic mass is 10.1. The Morgan fingerprint density at radius 3 is 2.50 bits per heavy atom. The Morgan fingerprint density at radius 1 is 1.31 bits per heavy atom. The highest BCUT2D eigenvalue weighted by Crippen LogP contribution is 2.33. The molecule has 1 aromatic rings. The minimum Gasteiger partial charge on any atom is -0.321 e. The monoisotopic (exact) mass is 237 g/mol. The third-order valence-electron chi connectivity index (χ3n) is 2.44. The van der Waals surface area contributed by atoms with Gasteiger partial charge >= 0.3 is 0 Å². The average Bonchev–Trinajstić information content (AvgIpc) is 2.50. The molecule has 0 radical (unpaired) electrons. The predicted octanol–water partition coefficient (Wildman–Crippen LogP) is 0.731. The van der Waals surface area contributed by atoms with E-state index in [2.05, 4.69) is 0 Å². The van der Waals surface area contributed by atoms with Crippen LogP contribution in [0.5, 0.6) is 0 Å². The molecule has 0 aromatic heterocycles. The van der Waals surface area contributed by atoms with Crippen LogP contribution in [0, 0.1) is 0 Å². The molecule has 0 fully saturated rings. The first-order valence-corrected chi connectivity index (χ1v) is 6.28. The van der Waals surface area contributed by atoms with Crippen LogP contribution in [-0.2, 0) is 14.6 Å². The van der Waals surface area contributed by atoms with Crippen molar-refractivity contribution in [3.63, 3.8) is 0 Å². The van der Waals surface area contributed by atoms with Crippen molar-refractivity contribution in [3.8, 4) is 0 Å². The Bertz CT molecular complexity index is 585. The van der Waals surface area contributed by atoms with Crippen molar-refractivity contribution in [1.82, 2.24) is 0 Å². The molecule has 2 rings (SSSR count). The summed E-state index contributed by atoms with van der Waals surface area (Å²) in [7, 11) is -3.66. The summed E-state index contributed by atoms with van der Waals surface area (Å²) in [5.74, 6) is -0.545. The lowest BCUT2D eigenvalue weighted by molar-refractivity contribution is -0.115. The van der Waals surface area contributed by atoms with Gasteiger partial charge in [0.15, 0.2) is 5.78 Å². The molecule has 1 aliphatic rings. The second kappa shape index (κ2) is 3.54. The maximum Gasteiger partial charge on any atom is 0.210 e. The predicted molar refractivity (Wildman–Crippen MR) is 60.3 cm³/mol. The molecule has 0 aliphatic carbocycles. The van der Waals surface area contributed by atoms with Crippen molar-refractivity contribution in [1.29, 1.82) is 0 Å². The molecule has 0 bridgehead atoms. The van der Waals surface area contributed by atoms with E-state index in [0.29, 0.717) is 5.56 Å². The zero-order valence-corrected chi connectivity index (χ0v) is 9.49. The molecule has 1 aromatic carbocycles. The van der Waals surface area contributed by atoms with Gasteiger partial charge in [0.25, 0.3) is 0 Å². The number of hydrogen-bond donors (Lipinski definition) is 1. The Balaban J connectivity index is 2.60. The number of benzene rings is 1. The second-order valence-corrected chi connectivity index (χ2v) is 5.59. The van der Waals surface area contributed by atoms with Crippen LogP contribution in [0.15, 0.2) is 34.1 Å². The van der Waals surface area contributed by atoms with Crippen molar-refractivity contribution in [2.75, 3.05) is 0 Å². The van der Waals surface area contributed by atoms with Gasteiger partial charge in [-0.1, -0.05) is 18.2 Å². The van der Waals surface area contributed by atoms with Crippen LogP contribution >= 0.6 is 0 Å². The summed E-state index contributed by atoms with van der Waals surface area (Å²) in [5.41, 5.74) is 5.96. The quantitative estimate of drug-likeness (QED) is 0.822. The van der Waals surface area contributed by atoms with Crippen molar-refractivity contribution in [2.24, 2.45) is 5.73 Å². The van der Waals surface area contributed by atoms with Crippen molar-refractivity contribution in [3.05, 3.63) is 34.7 Å². The standard InChI is InChI=1S/C11H11NO3S/c1-7(12)11(13)10-6-8-4-2-3-5-9(8)16(10,14)15/h2-7H,12H2,1H3. The maximum absolute atomic E-state index is 12.0. The summed E-state index contributed by atoms with van der Waals surface area (Å²) in [6, 6.07) is 5.69. The van der Waals surface area contributed by atoms with Gasteiger partial charge in [-0.15, -0.1) is 0 Å². The van der Waals surface area contributed by atoms with Gasteiger partial charge < -0.3 is 5.73 Å². The zero-order chi connectivity index (χ0) is 11.9. The SMILES string of the molecule is CC(N)C(=O)C1=Cc2ccccc2S1(=O)=O. The van der Waals surface area contributed by atoms with Gasteiger partial charge in [0, 0.05) is 0 Å². The van der Waals surface area contributed by atoms with E-state index in [1.165, 1.54) is 19.1 Å². The van der Waals surface area contributed by atoms with E-state index < -0.39 is 21.7 Å². The lowest BCUT2D eigenvalue weighted by Gasteiger charge is -2.05. The molecule has 2 N–H and O–H groups in total. The molecule has 4 nitrogen and oxygen atoms in total. The van der Waals surface area contributed by atoms with E-state index in [1.807, 2.05) is 0 Å². The van der Waals surface area contributed by atoms with Crippen LogP contribution in [0.3, 0.4) is 0 Å². The maximum atomic E-state index is 12.0. The lowest BCUT2D eigenvalue weighted by Crippen LogP contribution is -2.29. The van der Waals surface area contributed by atoms with Crippen molar-refractivity contribution >= 4 is 21.7 Å². The minimum absolute atomic E-state index is 0.180. The summed E-state index contributed by atoms with van der Waals surface area (Å²) in [4.78, 5) is 11.6. The third kappa shape index (κ3) is 1.48. The first-order chi connectivity index (χ1) is 7.44. The van der Waals surface area contributed by atoms with Gasteiger partial charge in [0.1, 0.15) is 4.91 Å². The average molecular weight is 237 g/mol. The topological polar surface area (TPSA) is 77.2 Å².